The summed E-state index contributed by atoms with van der Waals surface area (Å²) in [5, 5.41) is 1.22. The monoisotopic (exact) mass is 283 g/mol. The van der Waals surface area contributed by atoms with Crippen LogP contribution >= 0.6 is 23.5 Å². The molecule has 1 aromatic rings. The molecule has 2 N–H and O–H groups in total. The standard InChI is InChI=1S/C14H21NOS2/c1-10-14(18-7-6-17-10)13(15)9-11-4-3-5-12(8-11)16-2/h3-5,8,10,13-14H,6-7,9,15H2,1-2H3. The normalized spacial score (nSPS) is 25.7. The van der Waals surface area contributed by atoms with Gasteiger partial charge in [0.05, 0.1) is 7.11 Å². The first-order chi connectivity index (χ1) is 8.70. The first-order valence-electron chi connectivity index (χ1n) is 6.32. The van der Waals surface area contributed by atoms with E-state index in [2.05, 4.69) is 19.1 Å². The number of benzene rings is 1. The summed E-state index contributed by atoms with van der Waals surface area (Å²) in [6.07, 6.45) is 0.930. The predicted molar refractivity (Wildman–Crippen MR) is 82.8 cm³/mol. The summed E-state index contributed by atoms with van der Waals surface area (Å²) in [6.45, 7) is 2.30. The molecule has 3 atom stereocenters. The van der Waals surface area contributed by atoms with E-state index in [1.165, 1.54) is 17.1 Å². The molecule has 18 heavy (non-hydrogen) atoms. The molecule has 1 aromatic carbocycles. The van der Waals surface area contributed by atoms with Crippen molar-refractivity contribution in [3.05, 3.63) is 29.8 Å². The van der Waals surface area contributed by atoms with E-state index in [4.69, 9.17) is 10.5 Å². The second-order valence-electron chi connectivity index (χ2n) is 4.63. The van der Waals surface area contributed by atoms with Gasteiger partial charge in [0, 0.05) is 28.0 Å². The highest BCUT2D eigenvalue weighted by Gasteiger charge is 2.28. The lowest BCUT2D eigenvalue weighted by molar-refractivity contribution is 0.414. The molecule has 1 aliphatic rings. The van der Waals surface area contributed by atoms with Gasteiger partial charge in [-0.2, -0.15) is 23.5 Å². The summed E-state index contributed by atoms with van der Waals surface area (Å²) in [7, 11) is 1.70. The lowest BCUT2D eigenvalue weighted by Gasteiger charge is -2.32. The molecule has 1 aliphatic heterocycles. The topological polar surface area (TPSA) is 35.2 Å². The van der Waals surface area contributed by atoms with Crippen LogP contribution in [0.2, 0.25) is 0 Å². The average molecular weight is 283 g/mol. The maximum atomic E-state index is 6.39. The maximum absolute atomic E-state index is 6.39. The van der Waals surface area contributed by atoms with Gasteiger partial charge < -0.3 is 10.5 Å². The summed E-state index contributed by atoms with van der Waals surface area (Å²) >= 11 is 4.08. The van der Waals surface area contributed by atoms with Crippen LogP contribution in [0.5, 0.6) is 5.75 Å². The second-order valence-corrected chi connectivity index (χ2v) is 7.40. The Balaban J connectivity index is 1.98. The molecule has 2 rings (SSSR count). The third-order valence-corrected chi connectivity index (χ3v) is 6.54. The Kier molecular flexibility index (Phi) is 5.27. The minimum atomic E-state index is 0.227. The van der Waals surface area contributed by atoms with Crippen LogP contribution in [0.25, 0.3) is 0 Å². The fourth-order valence-corrected chi connectivity index (χ4v) is 5.20. The van der Waals surface area contributed by atoms with Crippen molar-refractivity contribution in [2.75, 3.05) is 18.6 Å². The third-order valence-electron chi connectivity index (χ3n) is 3.26. The molecule has 0 spiro atoms. The van der Waals surface area contributed by atoms with Gasteiger partial charge in [0.25, 0.3) is 0 Å². The Morgan fingerprint density at radius 2 is 2.17 bits per heavy atom. The largest absolute Gasteiger partial charge is 0.497 e. The number of ether oxygens (including phenoxy) is 1. The SMILES string of the molecule is COc1cccc(CC(N)C2SCCSC2C)c1. The Morgan fingerprint density at radius 3 is 2.89 bits per heavy atom. The Morgan fingerprint density at radius 1 is 1.39 bits per heavy atom. The van der Waals surface area contributed by atoms with Crippen molar-refractivity contribution in [3.63, 3.8) is 0 Å². The smallest absolute Gasteiger partial charge is 0.119 e. The fourth-order valence-electron chi connectivity index (χ4n) is 2.31. The van der Waals surface area contributed by atoms with Crippen molar-refractivity contribution in [2.45, 2.75) is 29.9 Å². The highest BCUT2D eigenvalue weighted by atomic mass is 32.2. The lowest BCUT2D eigenvalue weighted by atomic mass is 10.0. The summed E-state index contributed by atoms with van der Waals surface area (Å²) in [4.78, 5) is 0. The quantitative estimate of drug-likeness (QED) is 0.921. The van der Waals surface area contributed by atoms with Crippen LogP contribution in [0.1, 0.15) is 12.5 Å². The van der Waals surface area contributed by atoms with E-state index in [9.17, 15) is 0 Å². The number of thioether (sulfide) groups is 2. The molecular weight excluding hydrogens is 262 g/mol. The van der Waals surface area contributed by atoms with Crippen molar-refractivity contribution in [1.82, 2.24) is 0 Å². The summed E-state index contributed by atoms with van der Waals surface area (Å²) in [5.41, 5.74) is 7.66. The van der Waals surface area contributed by atoms with Crippen LogP contribution in [-0.4, -0.2) is 35.2 Å². The molecule has 1 saturated heterocycles. The van der Waals surface area contributed by atoms with Crippen LogP contribution in [0.15, 0.2) is 24.3 Å². The molecule has 1 heterocycles. The number of methoxy groups -OCH3 is 1. The molecule has 0 radical (unpaired) electrons. The lowest BCUT2D eigenvalue weighted by Crippen LogP contribution is -2.42. The van der Waals surface area contributed by atoms with Crippen molar-refractivity contribution in [3.8, 4) is 5.75 Å². The summed E-state index contributed by atoms with van der Waals surface area (Å²) < 4.78 is 5.25. The molecule has 100 valence electrons. The highest BCUT2D eigenvalue weighted by Crippen LogP contribution is 2.33. The Hall–Kier alpha value is -0.320. The van der Waals surface area contributed by atoms with Crippen LogP contribution in [0, 0.1) is 0 Å². The van der Waals surface area contributed by atoms with Gasteiger partial charge in [0.2, 0.25) is 0 Å². The highest BCUT2D eigenvalue weighted by molar-refractivity contribution is 8.07. The first kappa shape index (κ1) is 14.1. The van der Waals surface area contributed by atoms with Gasteiger partial charge in [0.1, 0.15) is 5.75 Å². The van der Waals surface area contributed by atoms with Gasteiger partial charge in [0.15, 0.2) is 0 Å². The Bertz CT molecular complexity index is 386. The number of nitrogens with two attached hydrogens (primary N) is 1. The molecule has 0 saturated carbocycles. The zero-order valence-corrected chi connectivity index (χ0v) is 12.6. The van der Waals surface area contributed by atoms with Crippen molar-refractivity contribution in [1.29, 1.82) is 0 Å². The van der Waals surface area contributed by atoms with Crippen LogP contribution in [0.4, 0.5) is 0 Å². The van der Waals surface area contributed by atoms with Crippen LogP contribution in [-0.2, 0) is 6.42 Å². The Labute approximate surface area is 118 Å². The molecule has 1 fully saturated rings. The van der Waals surface area contributed by atoms with Crippen molar-refractivity contribution >= 4 is 23.5 Å². The molecule has 3 unspecified atom stereocenters. The number of hydrogen-bond donors (Lipinski definition) is 1. The number of hydrogen-bond acceptors (Lipinski definition) is 4. The minimum absolute atomic E-state index is 0.227. The third kappa shape index (κ3) is 3.59. The van der Waals surface area contributed by atoms with Gasteiger partial charge in [-0.25, -0.2) is 0 Å². The zero-order chi connectivity index (χ0) is 13.0. The number of rotatable bonds is 4. The van der Waals surface area contributed by atoms with E-state index >= 15 is 0 Å². The van der Waals surface area contributed by atoms with Gasteiger partial charge in [-0.05, 0) is 24.1 Å². The van der Waals surface area contributed by atoms with Crippen molar-refractivity contribution < 1.29 is 4.74 Å². The fraction of sp³-hybridized carbons (Fsp3) is 0.571. The van der Waals surface area contributed by atoms with E-state index in [-0.39, 0.29) is 6.04 Å². The van der Waals surface area contributed by atoms with E-state index in [1.54, 1.807) is 7.11 Å². The van der Waals surface area contributed by atoms with Gasteiger partial charge in [-0.1, -0.05) is 19.1 Å². The van der Waals surface area contributed by atoms with Gasteiger partial charge in [-0.3, -0.25) is 0 Å². The van der Waals surface area contributed by atoms with Crippen LogP contribution < -0.4 is 10.5 Å². The molecule has 0 aliphatic carbocycles. The maximum Gasteiger partial charge on any atom is 0.119 e. The average Bonchev–Trinajstić information content (AvgIpc) is 2.39. The first-order valence-corrected chi connectivity index (χ1v) is 8.42. The summed E-state index contributed by atoms with van der Waals surface area (Å²) in [5.74, 6) is 3.40. The zero-order valence-electron chi connectivity index (χ0n) is 11.0. The van der Waals surface area contributed by atoms with Crippen molar-refractivity contribution in [2.24, 2.45) is 5.73 Å². The molecule has 0 amide bonds. The van der Waals surface area contributed by atoms with E-state index < -0.39 is 0 Å². The van der Waals surface area contributed by atoms with E-state index in [1.807, 2.05) is 35.7 Å². The second kappa shape index (κ2) is 6.73. The van der Waals surface area contributed by atoms with E-state index in [0.29, 0.717) is 10.5 Å². The molecule has 2 nitrogen and oxygen atoms in total. The summed E-state index contributed by atoms with van der Waals surface area (Å²) in [6, 6.07) is 8.46. The molecular formula is C14H21NOS2. The minimum Gasteiger partial charge on any atom is -0.497 e. The van der Waals surface area contributed by atoms with E-state index in [0.717, 1.165) is 12.2 Å². The molecule has 0 bridgehead atoms. The van der Waals surface area contributed by atoms with Gasteiger partial charge in [-0.15, -0.1) is 0 Å². The predicted octanol–water partition coefficient (Wildman–Crippen LogP) is 2.80. The van der Waals surface area contributed by atoms with Gasteiger partial charge >= 0.3 is 0 Å². The molecule has 4 heteroatoms. The van der Waals surface area contributed by atoms with Crippen LogP contribution in [0.3, 0.4) is 0 Å². The molecule has 0 aromatic heterocycles.